The summed E-state index contributed by atoms with van der Waals surface area (Å²) in [6.07, 6.45) is 2.71. The van der Waals surface area contributed by atoms with Gasteiger partial charge in [-0.25, -0.2) is 0 Å². The fourth-order valence-electron chi connectivity index (χ4n) is 0.498. The fourth-order valence-corrected chi connectivity index (χ4v) is 0.498. The number of hydrogen-bond acceptors (Lipinski definition) is 2. The van der Waals surface area contributed by atoms with Crippen LogP contribution in [0.3, 0.4) is 0 Å². The molecular formula is C10H18O2Y2-2. The van der Waals surface area contributed by atoms with E-state index in [4.69, 9.17) is 0 Å². The zero-order valence-corrected chi connectivity index (χ0v) is 14.9. The van der Waals surface area contributed by atoms with Gasteiger partial charge in [-0.05, 0) is 26.7 Å². The second-order valence-electron chi connectivity index (χ2n) is 2.61. The van der Waals surface area contributed by atoms with Crippen LogP contribution in [0.4, 0.5) is 0 Å². The van der Waals surface area contributed by atoms with Gasteiger partial charge in [-0.15, -0.1) is 0 Å². The maximum absolute atomic E-state index is 10.0. The number of ketones is 2. The van der Waals surface area contributed by atoms with Crippen LogP contribution in [-0.4, -0.2) is 11.6 Å². The van der Waals surface area contributed by atoms with Crippen molar-refractivity contribution < 1.29 is 75.0 Å². The molecule has 0 aliphatic rings. The predicted octanol–water partition coefficient (Wildman–Crippen LogP) is 2.37. The van der Waals surface area contributed by atoms with Gasteiger partial charge in [0.2, 0.25) is 0 Å². The first kappa shape index (κ1) is 24.7. The van der Waals surface area contributed by atoms with Crippen molar-refractivity contribution in [3.8, 4) is 0 Å². The summed E-state index contributed by atoms with van der Waals surface area (Å²) in [5.74, 6) is 0.454. The van der Waals surface area contributed by atoms with Crippen molar-refractivity contribution in [3.05, 3.63) is 13.8 Å². The second-order valence-corrected chi connectivity index (χ2v) is 2.61. The summed E-state index contributed by atoms with van der Waals surface area (Å²) < 4.78 is 0. The Kier molecular flexibility index (Phi) is 35.3. The van der Waals surface area contributed by atoms with E-state index in [1.807, 2.05) is 0 Å². The van der Waals surface area contributed by atoms with Crippen molar-refractivity contribution in [2.24, 2.45) is 0 Å². The molecule has 0 atom stereocenters. The van der Waals surface area contributed by atoms with Crippen molar-refractivity contribution in [3.63, 3.8) is 0 Å². The van der Waals surface area contributed by atoms with E-state index in [-0.39, 0.29) is 77.0 Å². The molecule has 0 saturated heterocycles. The van der Waals surface area contributed by atoms with Crippen LogP contribution < -0.4 is 0 Å². The second kappa shape index (κ2) is 20.0. The topological polar surface area (TPSA) is 34.1 Å². The quantitative estimate of drug-likeness (QED) is 0.732. The summed E-state index contributed by atoms with van der Waals surface area (Å²) in [6.45, 7) is 10.2. The minimum atomic E-state index is 0. The maximum Gasteiger partial charge on any atom is 0.127 e. The molecule has 0 unspecified atom stereocenters. The van der Waals surface area contributed by atoms with E-state index in [9.17, 15) is 9.59 Å². The van der Waals surface area contributed by atoms with Crippen LogP contribution in [0.15, 0.2) is 0 Å². The number of carbonyl (C=O) groups is 2. The Hall–Kier alpha value is 1.55. The first-order valence-corrected chi connectivity index (χ1v) is 4.12. The van der Waals surface area contributed by atoms with E-state index in [1.165, 1.54) is 0 Å². The number of hydrogen-bond donors (Lipinski definition) is 0. The van der Waals surface area contributed by atoms with Gasteiger partial charge in [0.05, 0.1) is 0 Å². The molecule has 2 nitrogen and oxygen atoms in total. The first-order chi connectivity index (χ1) is 5.54. The predicted molar refractivity (Wildman–Crippen MR) is 50.5 cm³/mol. The standard InChI is InChI=1S/2C5H9O.2Y/c2*1-3-4-5(2)6;;/h2*1,3-4H2,2H3;;/q2*-1;;. The van der Waals surface area contributed by atoms with Gasteiger partial charge in [-0.1, -0.05) is 0 Å². The van der Waals surface area contributed by atoms with Crippen LogP contribution in [-0.2, 0) is 75.0 Å². The SMILES string of the molecule is [CH2-]CCC(C)=O.[CH2-]CCC(C)=O.[Y].[Y]. The third-order valence-electron chi connectivity index (χ3n) is 1.06. The molecule has 0 aromatic heterocycles. The van der Waals surface area contributed by atoms with Gasteiger partial charge in [0.25, 0.3) is 0 Å². The van der Waals surface area contributed by atoms with E-state index >= 15 is 0 Å². The summed E-state index contributed by atoms with van der Waals surface area (Å²) in [4.78, 5) is 20.0. The molecule has 0 spiro atoms. The molecule has 0 N–H and O–H groups in total. The van der Waals surface area contributed by atoms with E-state index < -0.39 is 0 Å². The molecule has 78 valence electrons. The van der Waals surface area contributed by atoms with Crippen LogP contribution in [0, 0.1) is 13.8 Å². The van der Waals surface area contributed by atoms with Crippen LogP contribution in [0.25, 0.3) is 0 Å². The largest absolute Gasteiger partial charge is 0.343 e. The molecule has 0 aliphatic carbocycles. The molecular weight excluding hydrogens is 330 g/mol. The van der Waals surface area contributed by atoms with Crippen molar-refractivity contribution in [1.29, 1.82) is 0 Å². The molecule has 0 saturated carbocycles. The molecule has 2 radical (unpaired) electrons. The Balaban J connectivity index is -0.0000000625. The fraction of sp³-hybridized carbons (Fsp3) is 0.600. The molecule has 0 fully saturated rings. The maximum atomic E-state index is 10.0. The van der Waals surface area contributed by atoms with E-state index in [1.54, 1.807) is 13.8 Å². The molecule has 0 bridgehead atoms. The minimum Gasteiger partial charge on any atom is -0.343 e. The zero-order chi connectivity index (χ0) is 9.98. The Morgan fingerprint density at radius 1 is 0.857 bits per heavy atom. The molecule has 0 rings (SSSR count). The van der Waals surface area contributed by atoms with E-state index in [2.05, 4.69) is 13.8 Å². The van der Waals surface area contributed by atoms with Gasteiger partial charge in [-0.2, -0.15) is 12.8 Å². The molecule has 0 aliphatic heterocycles. The number of carbonyl (C=O) groups excluding carboxylic acids is 2. The van der Waals surface area contributed by atoms with Crippen molar-refractivity contribution >= 4 is 11.6 Å². The Morgan fingerprint density at radius 2 is 1.07 bits per heavy atom. The number of Topliss-reactive ketones (excluding diaryl/α,β-unsaturated/α-hetero) is 2. The smallest absolute Gasteiger partial charge is 0.127 e. The third-order valence-corrected chi connectivity index (χ3v) is 1.06. The zero-order valence-electron chi connectivity index (χ0n) is 9.21. The average Bonchev–Trinajstić information content (AvgIpc) is 1.87. The Bertz CT molecular complexity index is 120. The van der Waals surface area contributed by atoms with Crippen molar-refractivity contribution in [2.75, 3.05) is 0 Å². The third kappa shape index (κ3) is 37.4. The molecule has 0 aromatic carbocycles. The van der Waals surface area contributed by atoms with Crippen LogP contribution in [0.5, 0.6) is 0 Å². The summed E-state index contributed by atoms with van der Waals surface area (Å²) in [7, 11) is 0. The minimum absolute atomic E-state index is 0. The van der Waals surface area contributed by atoms with Crippen molar-refractivity contribution in [2.45, 2.75) is 39.5 Å². The van der Waals surface area contributed by atoms with Gasteiger partial charge in [0.15, 0.2) is 0 Å². The monoisotopic (exact) mass is 348 g/mol. The number of rotatable bonds is 4. The Morgan fingerprint density at radius 3 is 1.07 bits per heavy atom. The normalized spacial score (nSPS) is 7.14. The molecule has 14 heavy (non-hydrogen) atoms. The molecule has 0 aromatic rings. The summed E-state index contributed by atoms with van der Waals surface area (Å²) in [5, 5.41) is 0. The van der Waals surface area contributed by atoms with Crippen LogP contribution >= 0.6 is 0 Å². The molecule has 4 heteroatoms. The summed E-state index contributed by atoms with van der Waals surface area (Å²) >= 11 is 0. The van der Waals surface area contributed by atoms with Gasteiger partial charge in [0.1, 0.15) is 11.6 Å². The molecule has 0 heterocycles. The van der Waals surface area contributed by atoms with E-state index in [0.717, 1.165) is 12.8 Å². The summed E-state index contributed by atoms with van der Waals surface area (Å²) in [5.41, 5.74) is 0. The average molecular weight is 348 g/mol. The van der Waals surface area contributed by atoms with Gasteiger partial charge < -0.3 is 23.4 Å². The van der Waals surface area contributed by atoms with Crippen LogP contribution in [0.2, 0.25) is 0 Å². The van der Waals surface area contributed by atoms with Gasteiger partial charge >= 0.3 is 0 Å². The Labute approximate surface area is 138 Å². The van der Waals surface area contributed by atoms with Gasteiger partial charge in [-0.3, -0.25) is 0 Å². The molecule has 0 amide bonds. The van der Waals surface area contributed by atoms with Crippen LogP contribution in [0.1, 0.15) is 39.5 Å². The first-order valence-electron chi connectivity index (χ1n) is 4.12. The van der Waals surface area contributed by atoms with E-state index in [0.29, 0.717) is 12.8 Å². The van der Waals surface area contributed by atoms with Crippen molar-refractivity contribution in [1.82, 2.24) is 0 Å². The van der Waals surface area contributed by atoms with Gasteiger partial charge in [0, 0.05) is 65.4 Å². The summed E-state index contributed by atoms with van der Waals surface area (Å²) in [6, 6.07) is 0.